The van der Waals surface area contributed by atoms with Crippen molar-refractivity contribution in [2.45, 2.75) is 13.8 Å². The molecular formula is C10H15N. The molecule has 0 atom stereocenters. The SMILES string of the molecule is C=C/C(C)=N\CC(=C)C(=C)C. The van der Waals surface area contributed by atoms with E-state index < -0.39 is 0 Å². The topological polar surface area (TPSA) is 12.4 Å². The van der Waals surface area contributed by atoms with E-state index in [0.29, 0.717) is 6.54 Å². The van der Waals surface area contributed by atoms with Crippen LogP contribution in [0.2, 0.25) is 0 Å². The minimum atomic E-state index is 0.632. The van der Waals surface area contributed by atoms with Gasteiger partial charge in [-0.05, 0) is 25.5 Å². The highest BCUT2D eigenvalue weighted by molar-refractivity contribution is 5.92. The van der Waals surface area contributed by atoms with Crippen LogP contribution in [0.1, 0.15) is 13.8 Å². The van der Waals surface area contributed by atoms with Crippen LogP contribution in [0.15, 0.2) is 42.0 Å². The lowest BCUT2D eigenvalue weighted by molar-refractivity contribution is 1.15. The van der Waals surface area contributed by atoms with Gasteiger partial charge in [-0.1, -0.05) is 25.3 Å². The van der Waals surface area contributed by atoms with E-state index in [0.717, 1.165) is 16.9 Å². The Kier molecular flexibility index (Phi) is 4.20. The molecule has 0 aliphatic rings. The van der Waals surface area contributed by atoms with Crippen molar-refractivity contribution in [3.05, 3.63) is 37.0 Å². The molecular weight excluding hydrogens is 134 g/mol. The van der Waals surface area contributed by atoms with Gasteiger partial charge in [-0.3, -0.25) is 4.99 Å². The van der Waals surface area contributed by atoms with E-state index >= 15 is 0 Å². The maximum atomic E-state index is 4.20. The van der Waals surface area contributed by atoms with Crippen LogP contribution in [0, 0.1) is 0 Å². The molecule has 0 N–H and O–H groups in total. The Morgan fingerprint density at radius 1 is 1.36 bits per heavy atom. The summed E-state index contributed by atoms with van der Waals surface area (Å²) < 4.78 is 0. The Morgan fingerprint density at radius 2 is 1.91 bits per heavy atom. The van der Waals surface area contributed by atoms with Crippen molar-refractivity contribution in [2.75, 3.05) is 6.54 Å². The molecule has 1 nitrogen and oxygen atoms in total. The van der Waals surface area contributed by atoms with Crippen LogP contribution in [0.25, 0.3) is 0 Å². The number of hydrogen-bond donors (Lipinski definition) is 0. The van der Waals surface area contributed by atoms with Gasteiger partial charge in [0.2, 0.25) is 0 Å². The van der Waals surface area contributed by atoms with Crippen LogP contribution in [-0.4, -0.2) is 12.3 Å². The molecule has 0 fully saturated rings. The lowest BCUT2D eigenvalue weighted by atomic mass is 10.1. The van der Waals surface area contributed by atoms with Crippen LogP contribution in [0.4, 0.5) is 0 Å². The third-order valence-electron chi connectivity index (χ3n) is 1.42. The molecule has 60 valence electrons. The maximum absolute atomic E-state index is 4.20. The summed E-state index contributed by atoms with van der Waals surface area (Å²) in [6, 6.07) is 0. The molecule has 0 aliphatic heterocycles. The quantitative estimate of drug-likeness (QED) is 0.430. The van der Waals surface area contributed by atoms with E-state index in [9.17, 15) is 0 Å². The zero-order valence-electron chi connectivity index (χ0n) is 7.35. The molecule has 0 rings (SSSR count). The van der Waals surface area contributed by atoms with Crippen molar-refractivity contribution >= 4 is 5.71 Å². The average Bonchev–Trinajstić information content (AvgIpc) is 1.99. The number of nitrogens with zero attached hydrogens (tertiary/aromatic N) is 1. The molecule has 0 aliphatic carbocycles. The van der Waals surface area contributed by atoms with Gasteiger partial charge < -0.3 is 0 Å². The number of hydrogen-bond acceptors (Lipinski definition) is 1. The highest BCUT2D eigenvalue weighted by atomic mass is 14.7. The van der Waals surface area contributed by atoms with Crippen LogP contribution < -0.4 is 0 Å². The van der Waals surface area contributed by atoms with Crippen LogP contribution in [0.3, 0.4) is 0 Å². The number of allylic oxidation sites excluding steroid dienone is 1. The van der Waals surface area contributed by atoms with Crippen LogP contribution in [0.5, 0.6) is 0 Å². The number of rotatable bonds is 4. The average molecular weight is 149 g/mol. The fourth-order valence-corrected chi connectivity index (χ4v) is 0.420. The summed E-state index contributed by atoms with van der Waals surface area (Å²) >= 11 is 0. The summed E-state index contributed by atoms with van der Waals surface area (Å²) in [5.41, 5.74) is 2.91. The Hall–Kier alpha value is -1.11. The Morgan fingerprint density at radius 3 is 2.27 bits per heavy atom. The zero-order valence-corrected chi connectivity index (χ0v) is 7.35. The van der Waals surface area contributed by atoms with Gasteiger partial charge in [-0.25, -0.2) is 0 Å². The molecule has 0 bridgehead atoms. The molecule has 0 aromatic rings. The van der Waals surface area contributed by atoms with Gasteiger partial charge >= 0.3 is 0 Å². The van der Waals surface area contributed by atoms with Crippen molar-refractivity contribution in [2.24, 2.45) is 4.99 Å². The lowest BCUT2D eigenvalue weighted by Gasteiger charge is -1.99. The van der Waals surface area contributed by atoms with Crippen LogP contribution in [-0.2, 0) is 0 Å². The van der Waals surface area contributed by atoms with Gasteiger partial charge in [0.15, 0.2) is 0 Å². The molecule has 0 aromatic carbocycles. The smallest absolute Gasteiger partial charge is 0.0639 e. The molecule has 0 unspecified atom stereocenters. The highest BCUT2D eigenvalue weighted by Gasteiger charge is 1.91. The number of aliphatic imine (C=N–C) groups is 1. The van der Waals surface area contributed by atoms with Gasteiger partial charge in [0.25, 0.3) is 0 Å². The van der Waals surface area contributed by atoms with Gasteiger partial charge in [0, 0.05) is 5.71 Å². The molecule has 0 aromatic heterocycles. The van der Waals surface area contributed by atoms with E-state index in [1.807, 2.05) is 13.8 Å². The highest BCUT2D eigenvalue weighted by Crippen LogP contribution is 2.03. The summed E-state index contributed by atoms with van der Waals surface area (Å²) in [5.74, 6) is 0. The van der Waals surface area contributed by atoms with Crippen LogP contribution >= 0.6 is 0 Å². The first-order valence-electron chi connectivity index (χ1n) is 3.55. The molecule has 11 heavy (non-hydrogen) atoms. The molecule has 0 spiro atoms. The first-order chi connectivity index (χ1) is 5.07. The second-order valence-electron chi connectivity index (χ2n) is 2.55. The summed E-state index contributed by atoms with van der Waals surface area (Å²) in [7, 11) is 0. The first kappa shape index (κ1) is 9.89. The zero-order chi connectivity index (χ0) is 8.85. The second kappa shape index (κ2) is 4.67. The van der Waals surface area contributed by atoms with Crippen molar-refractivity contribution in [3.8, 4) is 0 Å². The normalized spacial score (nSPS) is 10.9. The minimum Gasteiger partial charge on any atom is -0.285 e. The fourth-order valence-electron chi connectivity index (χ4n) is 0.420. The maximum Gasteiger partial charge on any atom is 0.0639 e. The summed E-state index contributed by atoms with van der Waals surface area (Å²) in [6.07, 6.45) is 1.73. The van der Waals surface area contributed by atoms with E-state index in [1.54, 1.807) is 6.08 Å². The predicted molar refractivity (Wildman–Crippen MR) is 52.1 cm³/mol. The van der Waals surface area contributed by atoms with Gasteiger partial charge in [-0.2, -0.15) is 0 Å². The summed E-state index contributed by atoms with van der Waals surface area (Å²) in [5, 5.41) is 0. The Labute approximate surface area is 68.9 Å². The van der Waals surface area contributed by atoms with Gasteiger partial charge in [0.1, 0.15) is 0 Å². The van der Waals surface area contributed by atoms with Crippen molar-refractivity contribution in [3.63, 3.8) is 0 Å². The molecule has 0 amide bonds. The molecule has 1 heteroatoms. The predicted octanol–water partition coefficient (Wildman–Crippen LogP) is 2.77. The summed E-state index contributed by atoms with van der Waals surface area (Å²) in [6.45, 7) is 15.7. The lowest BCUT2D eigenvalue weighted by Crippen LogP contribution is -1.91. The minimum absolute atomic E-state index is 0.632. The van der Waals surface area contributed by atoms with E-state index in [-0.39, 0.29) is 0 Å². The molecule has 0 saturated heterocycles. The van der Waals surface area contributed by atoms with Crippen molar-refractivity contribution < 1.29 is 0 Å². The van der Waals surface area contributed by atoms with Gasteiger partial charge in [0.05, 0.1) is 6.54 Å². The Bertz CT molecular complexity index is 209. The third-order valence-corrected chi connectivity index (χ3v) is 1.42. The van der Waals surface area contributed by atoms with Crippen molar-refractivity contribution in [1.82, 2.24) is 0 Å². The molecule has 0 heterocycles. The molecule has 0 radical (unpaired) electrons. The summed E-state index contributed by atoms with van der Waals surface area (Å²) in [4.78, 5) is 4.20. The standard InChI is InChI=1S/C10H15N/c1-6-10(5)11-7-9(4)8(2)3/h6H,1-2,4,7H2,3,5H3/b11-10-. The largest absolute Gasteiger partial charge is 0.285 e. The fraction of sp³-hybridized carbons (Fsp3) is 0.300. The van der Waals surface area contributed by atoms with E-state index in [1.165, 1.54) is 0 Å². The third kappa shape index (κ3) is 4.31. The molecule has 0 saturated carbocycles. The monoisotopic (exact) mass is 149 g/mol. The Balaban J connectivity index is 3.98. The van der Waals surface area contributed by atoms with E-state index in [2.05, 4.69) is 24.7 Å². The second-order valence-corrected chi connectivity index (χ2v) is 2.55. The van der Waals surface area contributed by atoms with Crippen molar-refractivity contribution in [1.29, 1.82) is 0 Å². The first-order valence-corrected chi connectivity index (χ1v) is 3.55. The van der Waals surface area contributed by atoms with Gasteiger partial charge in [-0.15, -0.1) is 0 Å². The van der Waals surface area contributed by atoms with E-state index in [4.69, 9.17) is 0 Å².